The summed E-state index contributed by atoms with van der Waals surface area (Å²) in [5, 5.41) is 14.8. The second kappa shape index (κ2) is 12.3. The quantitative estimate of drug-likeness (QED) is 0.185. The van der Waals surface area contributed by atoms with Gasteiger partial charge in [-0.2, -0.15) is 0 Å². The van der Waals surface area contributed by atoms with Crippen molar-refractivity contribution in [2.45, 2.75) is 18.6 Å². The third kappa shape index (κ3) is 5.79. The van der Waals surface area contributed by atoms with Crippen LogP contribution in [0.3, 0.4) is 0 Å². The van der Waals surface area contributed by atoms with Crippen molar-refractivity contribution >= 4 is 51.6 Å². The van der Waals surface area contributed by atoms with Crippen LogP contribution in [0.5, 0.6) is 11.5 Å². The van der Waals surface area contributed by atoms with Gasteiger partial charge in [-0.3, -0.25) is 4.79 Å². The summed E-state index contributed by atoms with van der Waals surface area (Å²) in [6, 6.07) is 12.6. The number of carbonyl (C=O) groups is 2. The van der Waals surface area contributed by atoms with Crippen LogP contribution in [0.4, 0.5) is 5.00 Å². The highest BCUT2D eigenvalue weighted by atomic mass is 35.5. The minimum atomic E-state index is -0.536. The van der Waals surface area contributed by atoms with E-state index in [9.17, 15) is 9.59 Å². The number of benzene rings is 2. The molecule has 2 aromatic heterocycles. The van der Waals surface area contributed by atoms with Crippen molar-refractivity contribution in [3.05, 3.63) is 58.4 Å². The summed E-state index contributed by atoms with van der Waals surface area (Å²) in [6.07, 6.45) is 0. The number of thioether (sulfide) groups is 1. The van der Waals surface area contributed by atoms with Crippen LogP contribution in [0.1, 0.15) is 17.3 Å². The molecule has 0 aliphatic heterocycles. The van der Waals surface area contributed by atoms with Crippen molar-refractivity contribution < 1.29 is 23.8 Å². The summed E-state index contributed by atoms with van der Waals surface area (Å²) >= 11 is 8.69. The normalized spacial score (nSPS) is 10.8. The molecule has 4 rings (SSSR count). The first-order valence-corrected chi connectivity index (χ1v) is 13.7. The van der Waals surface area contributed by atoms with Gasteiger partial charge in [-0.05, 0) is 42.8 Å². The highest BCUT2D eigenvalue weighted by Gasteiger charge is 2.23. The SMILES string of the molecule is CCn1c(SCC(=O)Nc2scc(-c3ccc(OC)cc3)c2C(=O)OC)nnc1-c1cc(Cl)ccc1OC. The lowest BCUT2D eigenvalue weighted by molar-refractivity contribution is -0.113. The number of methoxy groups -OCH3 is 3. The predicted molar refractivity (Wildman–Crippen MR) is 150 cm³/mol. The summed E-state index contributed by atoms with van der Waals surface area (Å²) in [4.78, 5) is 25.5. The molecule has 198 valence electrons. The van der Waals surface area contributed by atoms with Crippen LogP contribution >= 0.6 is 34.7 Å². The summed E-state index contributed by atoms with van der Waals surface area (Å²) in [5.74, 6) is 1.13. The minimum absolute atomic E-state index is 0.0567. The molecule has 0 saturated heterocycles. The molecule has 38 heavy (non-hydrogen) atoms. The number of anilines is 1. The molecule has 0 unspecified atom stereocenters. The molecule has 4 aromatic rings. The molecule has 0 spiro atoms. The molecule has 2 heterocycles. The van der Waals surface area contributed by atoms with E-state index in [1.165, 1.54) is 30.2 Å². The first-order valence-electron chi connectivity index (χ1n) is 11.4. The van der Waals surface area contributed by atoms with Crippen molar-refractivity contribution in [3.63, 3.8) is 0 Å². The van der Waals surface area contributed by atoms with Gasteiger partial charge in [-0.1, -0.05) is 35.5 Å². The van der Waals surface area contributed by atoms with Crippen molar-refractivity contribution in [2.75, 3.05) is 32.4 Å². The number of thiophene rings is 1. The van der Waals surface area contributed by atoms with Crippen molar-refractivity contribution in [1.29, 1.82) is 0 Å². The van der Waals surface area contributed by atoms with Gasteiger partial charge in [0.1, 0.15) is 22.1 Å². The third-order valence-electron chi connectivity index (χ3n) is 5.60. The highest BCUT2D eigenvalue weighted by molar-refractivity contribution is 7.99. The molecule has 1 amide bonds. The molecule has 0 aliphatic rings. The molecule has 0 fully saturated rings. The zero-order valence-electron chi connectivity index (χ0n) is 21.1. The van der Waals surface area contributed by atoms with E-state index in [1.54, 1.807) is 44.6 Å². The Balaban J connectivity index is 1.52. The smallest absolute Gasteiger partial charge is 0.341 e. The van der Waals surface area contributed by atoms with Gasteiger partial charge < -0.3 is 24.1 Å². The van der Waals surface area contributed by atoms with Crippen LogP contribution in [0, 0.1) is 0 Å². The van der Waals surface area contributed by atoms with Gasteiger partial charge in [0.15, 0.2) is 11.0 Å². The molecule has 12 heteroatoms. The van der Waals surface area contributed by atoms with Gasteiger partial charge >= 0.3 is 5.97 Å². The number of hydrogen-bond acceptors (Lipinski definition) is 9. The van der Waals surface area contributed by atoms with Crippen LogP contribution < -0.4 is 14.8 Å². The Morgan fingerprint density at radius 2 is 1.82 bits per heavy atom. The van der Waals surface area contributed by atoms with Gasteiger partial charge in [0, 0.05) is 22.5 Å². The van der Waals surface area contributed by atoms with Gasteiger partial charge in [0.05, 0.1) is 32.6 Å². The molecular formula is C26H25ClN4O5S2. The minimum Gasteiger partial charge on any atom is -0.497 e. The summed E-state index contributed by atoms with van der Waals surface area (Å²) < 4.78 is 17.6. The van der Waals surface area contributed by atoms with Gasteiger partial charge in [0.25, 0.3) is 0 Å². The molecule has 9 nitrogen and oxygen atoms in total. The van der Waals surface area contributed by atoms with E-state index < -0.39 is 5.97 Å². The highest BCUT2D eigenvalue weighted by Crippen LogP contribution is 2.37. The number of nitrogens with zero attached hydrogens (tertiary/aromatic N) is 3. The van der Waals surface area contributed by atoms with Crippen molar-refractivity contribution in [3.8, 4) is 34.0 Å². The second-order valence-corrected chi connectivity index (χ2v) is 10.1. The maximum Gasteiger partial charge on any atom is 0.341 e. The molecule has 1 N–H and O–H groups in total. The lowest BCUT2D eigenvalue weighted by atomic mass is 10.0. The van der Waals surface area contributed by atoms with Crippen LogP contribution in [0.2, 0.25) is 5.02 Å². The zero-order valence-corrected chi connectivity index (χ0v) is 23.5. The van der Waals surface area contributed by atoms with E-state index in [0.29, 0.717) is 55.7 Å². The third-order valence-corrected chi connectivity index (χ3v) is 7.70. The Labute approximate surface area is 233 Å². The van der Waals surface area contributed by atoms with E-state index >= 15 is 0 Å². The largest absolute Gasteiger partial charge is 0.497 e. The van der Waals surface area contributed by atoms with E-state index in [2.05, 4.69) is 15.5 Å². The number of hydrogen-bond donors (Lipinski definition) is 1. The fraction of sp³-hybridized carbons (Fsp3) is 0.231. The molecule has 0 aliphatic carbocycles. The van der Waals surface area contributed by atoms with Crippen LogP contribution in [0.15, 0.2) is 53.0 Å². The van der Waals surface area contributed by atoms with Gasteiger partial charge in [-0.15, -0.1) is 21.5 Å². The van der Waals surface area contributed by atoms with Gasteiger partial charge in [-0.25, -0.2) is 4.79 Å². The number of rotatable bonds is 10. The molecule has 0 bridgehead atoms. The zero-order chi connectivity index (χ0) is 27.2. The summed E-state index contributed by atoms with van der Waals surface area (Å²) in [7, 11) is 4.47. The van der Waals surface area contributed by atoms with E-state index in [0.717, 1.165) is 5.56 Å². The second-order valence-electron chi connectivity index (χ2n) is 7.81. The number of nitrogens with one attached hydrogen (secondary N) is 1. The van der Waals surface area contributed by atoms with E-state index in [-0.39, 0.29) is 11.7 Å². The maximum atomic E-state index is 12.9. The average Bonchev–Trinajstić information content (AvgIpc) is 3.55. The van der Waals surface area contributed by atoms with Crippen LogP contribution in [-0.4, -0.2) is 53.7 Å². The van der Waals surface area contributed by atoms with Crippen LogP contribution in [-0.2, 0) is 16.1 Å². The first kappa shape index (κ1) is 27.5. The number of carbonyl (C=O) groups excluding carboxylic acids is 2. The predicted octanol–water partition coefficient (Wildman–Crippen LogP) is 5.88. The molecule has 0 radical (unpaired) electrons. The van der Waals surface area contributed by atoms with Crippen molar-refractivity contribution in [2.24, 2.45) is 0 Å². The van der Waals surface area contributed by atoms with Crippen molar-refractivity contribution in [1.82, 2.24) is 14.8 Å². The lowest BCUT2D eigenvalue weighted by Gasteiger charge is -2.11. The fourth-order valence-corrected chi connectivity index (χ4v) is 5.71. The summed E-state index contributed by atoms with van der Waals surface area (Å²) in [6.45, 7) is 2.54. The Bertz CT molecular complexity index is 1450. The molecular weight excluding hydrogens is 548 g/mol. The van der Waals surface area contributed by atoms with Gasteiger partial charge in [0.2, 0.25) is 5.91 Å². The number of halogens is 1. The first-order chi connectivity index (χ1) is 18.4. The average molecular weight is 573 g/mol. The number of esters is 1. The number of aromatic nitrogens is 3. The molecule has 2 aromatic carbocycles. The summed E-state index contributed by atoms with van der Waals surface area (Å²) in [5.41, 5.74) is 2.47. The Morgan fingerprint density at radius 1 is 1.05 bits per heavy atom. The van der Waals surface area contributed by atoms with Crippen LogP contribution in [0.25, 0.3) is 22.5 Å². The maximum absolute atomic E-state index is 12.9. The number of ether oxygens (including phenoxy) is 3. The Kier molecular flexibility index (Phi) is 8.93. The monoisotopic (exact) mass is 572 g/mol. The number of amides is 1. The Hall–Kier alpha value is -3.54. The lowest BCUT2D eigenvalue weighted by Crippen LogP contribution is -2.16. The van der Waals surface area contributed by atoms with E-state index in [1.807, 2.05) is 29.0 Å². The molecule has 0 atom stereocenters. The fourth-order valence-electron chi connectivity index (χ4n) is 3.77. The molecule has 0 saturated carbocycles. The topological polar surface area (TPSA) is 105 Å². The van der Waals surface area contributed by atoms with E-state index in [4.69, 9.17) is 25.8 Å². The standard InChI is InChI=1S/C26H25ClN4O5S2/c1-5-31-23(18-12-16(27)8-11-20(18)35-3)29-30-26(31)38-14-21(32)28-24-22(25(33)36-4)19(13-37-24)15-6-9-17(34-2)10-7-15/h6-13H,5,14H2,1-4H3,(H,28,32). The Morgan fingerprint density at radius 3 is 2.47 bits per heavy atom.